The average Bonchev–Trinajstić information content (AvgIpc) is 3.12. The third-order valence-corrected chi connectivity index (χ3v) is 4.16. The molecule has 0 bridgehead atoms. The minimum absolute atomic E-state index is 0.167. The topological polar surface area (TPSA) is 98.7 Å². The van der Waals surface area contributed by atoms with Gasteiger partial charge in [-0.05, 0) is 17.3 Å². The predicted molar refractivity (Wildman–Crippen MR) is 85.2 cm³/mol. The van der Waals surface area contributed by atoms with Crippen LogP contribution in [0.15, 0.2) is 23.0 Å². The number of nitrogens with one attached hydrogen (secondary N) is 2. The molecular weight excluding hydrogens is 296 g/mol. The van der Waals surface area contributed by atoms with E-state index in [1.165, 1.54) is 4.80 Å². The van der Waals surface area contributed by atoms with E-state index in [-0.39, 0.29) is 5.69 Å². The molecule has 2 N–H and O–H groups in total. The number of aromatic nitrogens is 6. The Morgan fingerprint density at radius 1 is 1.17 bits per heavy atom. The number of imidazole rings is 1. The van der Waals surface area contributed by atoms with Crippen LogP contribution in [0.5, 0.6) is 0 Å². The van der Waals surface area contributed by atoms with Gasteiger partial charge in [-0.2, -0.15) is 4.80 Å². The van der Waals surface area contributed by atoms with Gasteiger partial charge in [-0.25, -0.2) is 4.79 Å². The molecule has 0 atom stereocenters. The average molecular weight is 314 g/mol. The Labute approximate surface area is 131 Å². The van der Waals surface area contributed by atoms with Gasteiger partial charge in [-0.1, -0.05) is 6.07 Å². The van der Waals surface area contributed by atoms with E-state index in [0.29, 0.717) is 6.54 Å². The van der Waals surface area contributed by atoms with E-state index < -0.39 is 0 Å². The lowest BCUT2D eigenvalue weighted by Crippen LogP contribution is -2.46. The monoisotopic (exact) mass is 314 g/mol. The predicted octanol–water partition coefficient (Wildman–Crippen LogP) is -0.298. The van der Waals surface area contributed by atoms with E-state index in [1.807, 2.05) is 18.2 Å². The van der Waals surface area contributed by atoms with Gasteiger partial charge in [-0.15, -0.1) is 10.2 Å². The number of anilines is 1. The molecule has 120 valence electrons. The van der Waals surface area contributed by atoms with Crippen LogP contribution >= 0.6 is 0 Å². The molecule has 0 aliphatic carbocycles. The standard InChI is InChI=1S/C14H18N8O/c1-20-18-12(17-19-20)9-21-5-7-22(8-6-21)11-4-2-3-10-13(11)16-14(23)15-10/h2-4H,5-9H2,1H3,(H2,15,16,23). The van der Waals surface area contributed by atoms with Crippen molar-refractivity contribution >= 4 is 16.7 Å². The summed E-state index contributed by atoms with van der Waals surface area (Å²) in [6.45, 7) is 4.35. The van der Waals surface area contributed by atoms with E-state index >= 15 is 0 Å². The maximum Gasteiger partial charge on any atom is 0.323 e. The largest absolute Gasteiger partial charge is 0.367 e. The van der Waals surface area contributed by atoms with Crippen molar-refractivity contribution in [2.75, 3.05) is 31.1 Å². The number of rotatable bonds is 3. The lowest BCUT2D eigenvalue weighted by molar-refractivity contribution is 0.244. The number of fused-ring (bicyclic) bond motifs is 1. The summed E-state index contributed by atoms with van der Waals surface area (Å²) in [5.41, 5.74) is 2.62. The lowest BCUT2D eigenvalue weighted by atomic mass is 10.2. The number of tetrazole rings is 1. The summed E-state index contributed by atoms with van der Waals surface area (Å²) in [5.74, 6) is 0.748. The summed E-state index contributed by atoms with van der Waals surface area (Å²) in [6, 6.07) is 5.93. The van der Waals surface area contributed by atoms with Crippen molar-refractivity contribution in [3.05, 3.63) is 34.5 Å². The molecule has 9 heteroatoms. The number of hydrogen-bond acceptors (Lipinski definition) is 6. The van der Waals surface area contributed by atoms with Crippen LogP contribution in [0.25, 0.3) is 11.0 Å². The lowest BCUT2D eigenvalue weighted by Gasteiger charge is -2.35. The molecule has 1 aromatic carbocycles. The molecular formula is C14H18N8O. The fourth-order valence-electron chi connectivity index (χ4n) is 3.04. The first kappa shape index (κ1) is 13.9. The number of H-pyrrole nitrogens is 2. The number of piperazine rings is 1. The van der Waals surface area contributed by atoms with Gasteiger partial charge in [0.15, 0.2) is 5.82 Å². The Kier molecular flexibility index (Phi) is 3.34. The highest BCUT2D eigenvalue weighted by molar-refractivity contribution is 5.88. The highest BCUT2D eigenvalue weighted by Crippen LogP contribution is 2.24. The van der Waals surface area contributed by atoms with E-state index in [0.717, 1.165) is 48.7 Å². The molecule has 0 unspecified atom stereocenters. The van der Waals surface area contributed by atoms with Gasteiger partial charge < -0.3 is 14.9 Å². The highest BCUT2D eigenvalue weighted by Gasteiger charge is 2.20. The van der Waals surface area contributed by atoms with Gasteiger partial charge >= 0.3 is 5.69 Å². The first-order valence-corrected chi connectivity index (χ1v) is 7.60. The van der Waals surface area contributed by atoms with Crippen LogP contribution in [0, 0.1) is 0 Å². The smallest absolute Gasteiger partial charge is 0.323 e. The zero-order chi connectivity index (χ0) is 15.8. The van der Waals surface area contributed by atoms with Crippen molar-refractivity contribution in [2.45, 2.75) is 6.54 Å². The van der Waals surface area contributed by atoms with Crippen molar-refractivity contribution in [3.8, 4) is 0 Å². The van der Waals surface area contributed by atoms with Crippen molar-refractivity contribution in [1.82, 2.24) is 35.1 Å². The number of para-hydroxylation sites is 1. The Morgan fingerprint density at radius 3 is 2.74 bits per heavy atom. The molecule has 0 saturated carbocycles. The Morgan fingerprint density at radius 2 is 2.00 bits per heavy atom. The van der Waals surface area contributed by atoms with E-state index in [2.05, 4.69) is 35.2 Å². The highest BCUT2D eigenvalue weighted by atomic mass is 16.1. The molecule has 1 aliphatic heterocycles. The number of aromatic amines is 2. The second-order valence-corrected chi connectivity index (χ2v) is 5.74. The third kappa shape index (κ3) is 2.70. The summed E-state index contributed by atoms with van der Waals surface area (Å²) in [6.07, 6.45) is 0. The van der Waals surface area contributed by atoms with Crippen molar-refractivity contribution in [2.24, 2.45) is 7.05 Å². The fraction of sp³-hybridized carbons (Fsp3) is 0.429. The van der Waals surface area contributed by atoms with Gasteiger partial charge in [0.25, 0.3) is 0 Å². The van der Waals surface area contributed by atoms with Gasteiger partial charge in [0, 0.05) is 26.2 Å². The summed E-state index contributed by atoms with van der Waals surface area (Å²) in [5, 5.41) is 12.1. The maximum absolute atomic E-state index is 11.5. The maximum atomic E-state index is 11.5. The zero-order valence-corrected chi connectivity index (χ0v) is 12.9. The molecule has 4 rings (SSSR count). The molecule has 0 spiro atoms. The van der Waals surface area contributed by atoms with Crippen LogP contribution in [-0.4, -0.2) is 61.3 Å². The Hall–Kier alpha value is -2.68. The van der Waals surface area contributed by atoms with E-state index in [9.17, 15) is 4.79 Å². The number of aryl methyl sites for hydroxylation is 1. The molecule has 23 heavy (non-hydrogen) atoms. The quantitative estimate of drug-likeness (QED) is 0.689. The van der Waals surface area contributed by atoms with Crippen LogP contribution in [0.2, 0.25) is 0 Å². The molecule has 9 nitrogen and oxygen atoms in total. The van der Waals surface area contributed by atoms with Crippen molar-refractivity contribution in [3.63, 3.8) is 0 Å². The van der Waals surface area contributed by atoms with Crippen LogP contribution in [0.3, 0.4) is 0 Å². The minimum atomic E-state index is -0.167. The summed E-state index contributed by atoms with van der Waals surface area (Å²) < 4.78 is 0. The van der Waals surface area contributed by atoms with Crippen LogP contribution < -0.4 is 10.6 Å². The molecule has 0 amide bonds. The first-order valence-electron chi connectivity index (χ1n) is 7.60. The first-order chi connectivity index (χ1) is 11.2. The molecule has 1 fully saturated rings. The normalized spacial score (nSPS) is 16.3. The van der Waals surface area contributed by atoms with Gasteiger partial charge in [0.05, 0.1) is 30.3 Å². The van der Waals surface area contributed by atoms with Crippen LogP contribution in [0.1, 0.15) is 5.82 Å². The second-order valence-electron chi connectivity index (χ2n) is 5.74. The van der Waals surface area contributed by atoms with Gasteiger partial charge in [0.2, 0.25) is 0 Å². The summed E-state index contributed by atoms with van der Waals surface area (Å²) >= 11 is 0. The molecule has 2 aromatic heterocycles. The van der Waals surface area contributed by atoms with E-state index in [1.54, 1.807) is 7.05 Å². The number of hydrogen-bond donors (Lipinski definition) is 2. The second kappa shape index (κ2) is 5.51. The van der Waals surface area contributed by atoms with Gasteiger partial charge in [-0.3, -0.25) is 4.90 Å². The fourth-order valence-corrected chi connectivity index (χ4v) is 3.04. The molecule has 3 aromatic rings. The zero-order valence-electron chi connectivity index (χ0n) is 12.9. The molecule has 1 aliphatic rings. The number of benzene rings is 1. The van der Waals surface area contributed by atoms with Crippen molar-refractivity contribution < 1.29 is 0 Å². The summed E-state index contributed by atoms with van der Waals surface area (Å²) in [7, 11) is 1.77. The third-order valence-electron chi connectivity index (χ3n) is 4.16. The Bertz CT molecular complexity index is 870. The SMILES string of the molecule is Cn1nnc(CN2CCN(c3cccc4[nH]c(=O)[nH]c34)CC2)n1. The number of nitrogens with zero attached hydrogens (tertiary/aromatic N) is 6. The summed E-state index contributed by atoms with van der Waals surface area (Å²) in [4.78, 5) is 23.3. The van der Waals surface area contributed by atoms with Gasteiger partial charge in [0.1, 0.15) is 0 Å². The van der Waals surface area contributed by atoms with Crippen molar-refractivity contribution in [1.29, 1.82) is 0 Å². The van der Waals surface area contributed by atoms with Crippen LogP contribution in [0.4, 0.5) is 5.69 Å². The molecule has 0 radical (unpaired) electrons. The van der Waals surface area contributed by atoms with Crippen LogP contribution in [-0.2, 0) is 13.6 Å². The molecule has 1 saturated heterocycles. The molecule has 3 heterocycles. The van der Waals surface area contributed by atoms with E-state index in [4.69, 9.17) is 0 Å². The minimum Gasteiger partial charge on any atom is -0.367 e. The Balaban J connectivity index is 1.47.